The van der Waals surface area contributed by atoms with E-state index in [1.807, 2.05) is 30.3 Å². The van der Waals surface area contributed by atoms with Crippen LogP contribution in [0.4, 0.5) is 5.69 Å². The summed E-state index contributed by atoms with van der Waals surface area (Å²) >= 11 is 0. The molecule has 3 aliphatic rings. The second kappa shape index (κ2) is 8.94. The highest BCUT2D eigenvalue weighted by Gasteiger charge is 2.69. The molecule has 4 heterocycles. The summed E-state index contributed by atoms with van der Waals surface area (Å²) in [6.45, 7) is 5.48. The number of para-hydroxylation sites is 2. The molecule has 3 aliphatic heterocycles. The summed E-state index contributed by atoms with van der Waals surface area (Å²) < 4.78 is 6.75. The number of esters is 1. The molecule has 0 radical (unpaired) electrons. The lowest BCUT2D eigenvalue weighted by molar-refractivity contribution is -0.132. The molecule has 2 unspecified atom stereocenters. The van der Waals surface area contributed by atoms with E-state index in [0.29, 0.717) is 40.3 Å². The number of anilines is 1. The topological polar surface area (TPSA) is 111 Å². The molecule has 9 nitrogen and oxygen atoms in total. The highest BCUT2D eigenvalue weighted by Crippen LogP contribution is 2.56. The molecule has 0 bridgehead atoms. The van der Waals surface area contributed by atoms with Crippen molar-refractivity contribution in [2.45, 2.75) is 38.8 Å². The van der Waals surface area contributed by atoms with Crippen molar-refractivity contribution in [3.05, 3.63) is 94.5 Å². The lowest BCUT2D eigenvalue weighted by Gasteiger charge is -2.32. The zero-order chi connectivity index (χ0) is 28.6. The summed E-state index contributed by atoms with van der Waals surface area (Å²) in [5.74, 6) is -1.61. The third kappa shape index (κ3) is 3.48. The molecule has 41 heavy (non-hydrogen) atoms. The Morgan fingerprint density at radius 1 is 0.976 bits per heavy atom. The minimum absolute atomic E-state index is 0.213. The minimum Gasteiger partial charge on any atom is -0.427 e. The SMILES string of the molecule is CC(=O)Oc1ccc(N2C(=O)[C@H]3C(CC(C)C)NC4(c5ccccc5-n5c4nc4ccccc4c5=O)[C@H]3C2=O)cc1. The first-order valence-electron chi connectivity index (χ1n) is 13.8. The van der Waals surface area contributed by atoms with E-state index in [0.717, 1.165) is 5.56 Å². The third-order valence-corrected chi connectivity index (χ3v) is 8.44. The largest absolute Gasteiger partial charge is 0.427 e. The van der Waals surface area contributed by atoms with Crippen LogP contribution in [0.3, 0.4) is 0 Å². The van der Waals surface area contributed by atoms with Gasteiger partial charge in [-0.3, -0.25) is 29.1 Å². The van der Waals surface area contributed by atoms with Gasteiger partial charge < -0.3 is 4.74 Å². The highest BCUT2D eigenvalue weighted by molar-refractivity contribution is 6.23. The molecular formula is C32H28N4O5. The Kier molecular flexibility index (Phi) is 5.53. The number of nitrogens with zero attached hydrogens (tertiary/aromatic N) is 3. The van der Waals surface area contributed by atoms with Gasteiger partial charge in [-0.2, -0.15) is 0 Å². The zero-order valence-electron chi connectivity index (χ0n) is 22.8. The van der Waals surface area contributed by atoms with Crippen molar-refractivity contribution in [2.24, 2.45) is 17.8 Å². The number of aromatic nitrogens is 2. The number of ether oxygens (including phenoxy) is 1. The predicted molar refractivity (Wildman–Crippen MR) is 152 cm³/mol. The Balaban J connectivity index is 1.45. The van der Waals surface area contributed by atoms with Crippen LogP contribution in [0.5, 0.6) is 5.75 Å². The van der Waals surface area contributed by atoms with Crippen LogP contribution in [0.15, 0.2) is 77.6 Å². The number of amides is 2. The van der Waals surface area contributed by atoms with Gasteiger partial charge in [-0.1, -0.05) is 44.2 Å². The van der Waals surface area contributed by atoms with Gasteiger partial charge in [-0.05, 0) is 54.8 Å². The zero-order valence-corrected chi connectivity index (χ0v) is 22.8. The number of hydrogen-bond donors (Lipinski definition) is 1. The van der Waals surface area contributed by atoms with E-state index in [1.165, 1.54) is 11.8 Å². The van der Waals surface area contributed by atoms with Crippen molar-refractivity contribution in [3.63, 3.8) is 0 Å². The van der Waals surface area contributed by atoms with Crippen LogP contribution >= 0.6 is 0 Å². The Morgan fingerprint density at radius 2 is 1.68 bits per heavy atom. The van der Waals surface area contributed by atoms with Gasteiger partial charge in [0.05, 0.1) is 34.1 Å². The second-order valence-electron chi connectivity index (χ2n) is 11.4. The van der Waals surface area contributed by atoms with E-state index in [9.17, 15) is 19.2 Å². The number of benzene rings is 3. The van der Waals surface area contributed by atoms with Crippen molar-refractivity contribution in [3.8, 4) is 11.4 Å². The maximum Gasteiger partial charge on any atom is 0.308 e. The lowest BCUT2D eigenvalue weighted by Crippen LogP contribution is -2.50. The molecule has 0 aliphatic carbocycles. The maximum atomic E-state index is 14.5. The smallest absolute Gasteiger partial charge is 0.308 e. The number of hydrogen-bond acceptors (Lipinski definition) is 7. The van der Waals surface area contributed by atoms with Gasteiger partial charge in [-0.25, -0.2) is 9.88 Å². The van der Waals surface area contributed by atoms with Crippen LogP contribution in [-0.2, 0) is 19.9 Å². The average Bonchev–Trinajstić information content (AvgIpc) is 3.52. The van der Waals surface area contributed by atoms with E-state index in [2.05, 4.69) is 19.2 Å². The molecule has 0 saturated carbocycles. The highest BCUT2D eigenvalue weighted by atomic mass is 16.5. The van der Waals surface area contributed by atoms with Gasteiger partial charge in [0.2, 0.25) is 11.8 Å². The lowest BCUT2D eigenvalue weighted by atomic mass is 9.75. The molecule has 4 aromatic rings. The van der Waals surface area contributed by atoms with Crippen LogP contribution in [0, 0.1) is 17.8 Å². The Hall–Kier alpha value is -4.63. The first-order chi connectivity index (χ1) is 19.7. The molecular weight excluding hydrogens is 520 g/mol. The van der Waals surface area contributed by atoms with Crippen LogP contribution in [0.2, 0.25) is 0 Å². The van der Waals surface area contributed by atoms with E-state index in [1.54, 1.807) is 47.0 Å². The molecule has 1 aromatic heterocycles. The van der Waals surface area contributed by atoms with Crippen LogP contribution in [-0.4, -0.2) is 33.4 Å². The summed E-state index contributed by atoms with van der Waals surface area (Å²) in [5, 5.41) is 4.21. The molecule has 2 fully saturated rings. The van der Waals surface area contributed by atoms with Gasteiger partial charge in [0.15, 0.2) is 0 Å². The summed E-state index contributed by atoms with van der Waals surface area (Å²) in [4.78, 5) is 60.2. The second-order valence-corrected chi connectivity index (χ2v) is 11.4. The van der Waals surface area contributed by atoms with Crippen molar-refractivity contribution >= 4 is 34.4 Å². The fourth-order valence-corrected chi connectivity index (χ4v) is 7.01. The molecule has 2 amide bonds. The Bertz CT molecular complexity index is 1830. The van der Waals surface area contributed by atoms with Crippen LogP contribution in [0.1, 0.15) is 38.6 Å². The number of imide groups is 1. The Labute approximate surface area is 235 Å². The van der Waals surface area contributed by atoms with E-state index < -0.39 is 23.3 Å². The quantitative estimate of drug-likeness (QED) is 0.235. The van der Waals surface area contributed by atoms with Gasteiger partial charge in [-0.15, -0.1) is 0 Å². The summed E-state index contributed by atoms with van der Waals surface area (Å²) in [6.07, 6.45) is 0.654. The van der Waals surface area contributed by atoms with Crippen molar-refractivity contribution in [1.82, 2.24) is 14.9 Å². The van der Waals surface area contributed by atoms with Crippen molar-refractivity contribution < 1.29 is 19.1 Å². The summed E-state index contributed by atoms with van der Waals surface area (Å²) in [5.41, 5.74) is 0.967. The first kappa shape index (κ1) is 25.3. The number of nitrogens with one attached hydrogen (secondary N) is 1. The standard InChI is InChI=1S/C32H28N4O5/c1-17(2)16-24-26-27(30(40)35(29(26)39)19-12-14-20(15-13-19)41-18(3)37)32(34-24)22-9-5-7-11-25(22)36-28(38)21-8-4-6-10-23(21)33-31(32)36/h4-15,17,24,26-27,34H,16H2,1-3H3/t24?,26-,27+,32?/m0/s1. The molecule has 4 atom stereocenters. The molecule has 1 N–H and O–H groups in total. The number of carbonyl (C=O) groups is 3. The van der Waals surface area contributed by atoms with E-state index in [-0.39, 0.29) is 29.3 Å². The fourth-order valence-electron chi connectivity index (χ4n) is 7.01. The molecule has 206 valence electrons. The Morgan fingerprint density at radius 3 is 2.41 bits per heavy atom. The van der Waals surface area contributed by atoms with Crippen molar-refractivity contribution in [1.29, 1.82) is 0 Å². The van der Waals surface area contributed by atoms with Gasteiger partial charge in [0, 0.05) is 18.5 Å². The normalized spacial score (nSPS) is 24.3. The van der Waals surface area contributed by atoms with E-state index >= 15 is 0 Å². The summed E-state index contributed by atoms with van der Waals surface area (Å²) in [6, 6.07) is 20.7. The summed E-state index contributed by atoms with van der Waals surface area (Å²) in [7, 11) is 0. The third-order valence-electron chi connectivity index (χ3n) is 8.44. The molecule has 2 saturated heterocycles. The number of fused-ring (bicyclic) bond motifs is 8. The number of rotatable bonds is 4. The monoisotopic (exact) mass is 548 g/mol. The van der Waals surface area contributed by atoms with Crippen molar-refractivity contribution in [2.75, 3.05) is 4.90 Å². The number of carbonyl (C=O) groups excluding carboxylic acids is 3. The predicted octanol–water partition coefficient (Wildman–Crippen LogP) is 3.69. The van der Waals surface area contributed by atoms with E-state index in [4.69, 9.17) is 9.72 Å². The average molecular weight is 549 g/mol. The minimum atomic E-state index is -1.18. The fraction of sp³-hybridized carbons (Fsp3) is 0.281. The molecule has 1 spiro atoms. The maximum absolute atomic E-state index is 14.5. The van der Waals surface area contributed by atoms with Crippen LogP contribution in [0.25, 0.3) is 16.6 Å². The molecule has 3 aromatic carbocycles. The molecule has 7 rings (SSSR count). The van der Waals surface area contributed by atoms with Gasteiger partial charge in [0.1, 0.15) is 17.1 Å². The van der Waals surface area contributed by atoms with Crippen LogP contribution < -0.4 is 20.5 Å². The first-order valence-corrected chi connectivity index (χ1v) is 13.8. The molecule has 9 heteroatoms. The van der Waals surface area contributed by atoms with Gasteiger partial charge >= 0.3 is 5.97 Å². The van der Waals surface area contributed by atoms with Gasteiger partial charge in [0.25, 0.3) is 5.56 Å².